The Morgan fingerprint density at radius 1 is 1.58 bits per heavy atom. The summed E-state index contributed by atoms with van der Waals surface area (Å²) in [5.41, 5.74) is 6.14. The number of rotatable bonds is 0. The Labute approximate surface area is 72.6 Å². The van der Waals surface area contributed by atoms with E-state index in [4.69, 9.17) is 5.73 Å². The van der Waals surface area contributed by atoms with Gasteiger partial charge in [0, 0.05) is 7.05 Å². The summed E-state index contributed by atoms with van der Waals surface area (Å²) < 4.78 is 1.72. The van der Waals surface area contributed by atoms with Gasteiger partial charge in [0.15, 0.2) is 0 Å². The first-order valence-electron chi connectivity index (χ1n) is 3.79. The molecule has 0 radical (unpaired) electrons. The van der Waals surface area contributed by atoms with E-state index in [9.17, 15) is 0 Å². The summed E-state index contributed by atoms with van der Waals surface area (Å²) in [6.07, 6.45) is 1.72. The fraction of sp³-hybridized carbons (Fsp3) is 0.444. The van der Waals surface area contributed by atoms with Gasteiger partial charge in [0.2, 0.25) is 0 Å². The molecule has 0 saturated carbocycles. The lowest BCUT2D eigenvalue weighted by molar-refractivity contribution is 0.679. The zero-order valence-electron chi connectivity index (χ0n) is 7.63. The third-order valence-corrected chi connectivity index (χ3v) is 1.33. The Kier molecular flexibility index (Phi) is 2.20. The highest BCUT2D eigenvalue weighted by Crippen LogP contribution is 1.96. The first-order valence-corrected chi connectivity index (χ1v) is 3.79. The summed E-state index contributed by atoms with van der Waals surface area (Å²) in [7, 11) is 1.85. The molecule has 1 rings (SSSR count). The maximum atomic E-state index is 5.70. The van der Waals surface area contributed by atoms with Crippen molar-refractivity contribution < 1.29 is 0 Å². The van der Waals surface area contributed by atoms with E-state index >= 15 is 0 Å². The summed E-state index contributed by atoms with van der Waals surface area (Å²) >= 11 is 0. The molecular weight excluding hydrogens is 150 g/mol. The van der Waals surface area contributed by atoms with Gasteiger partial charge in [0.25, 0.3) is 0 Å². The first kappa shape index (κ1) is 8.82. The molecule has 3 nitrogen and oxygen atoms in total. The van der Waals surface area contributed by atoms with Crippen LogP contribution >= 0.6 is 0 Å². The minimum Gasteiger partial charge on any atom is -0.316 e. The predicted molar refractivity (Wildman–Crippen MR) is 48.4 cm³/mol. The molecule has 3 heteroatoms. The van der Waals surface area contributed by atoms with E-state index in [1.807, 2.05) is 27.0 Å². The van der Waals surface area contributed by atoms with Crippen molar-refractivity contribution in [2.75, 3.05) is 0 Å². The van der Waals surface area contributed by atoms with E-state index in [1.165, 1.54) is 0 Å². The first-order chi connectivity index (χ1) is 5.49. The number of hydrogen-bond donors (Lipinski definition) is 1. The van der Waals surface area contributed by atoms with E-state index in [2.05, 4.69) is 16.9 Å². The van der Waals surface area contributed by atoms with Gasteiger partial charge in [-0.25, -0.2) is 0 Å². The standard InChI is InChI=1S/C9H13N3/c1-9(2,10)6-4-8-5-7-11-12(8)3/h5,7H,10H2,1-3H3. The highest BCUT2D eigenvalue weighted by atomic mass is 15.2. The molecule has 0 amide bonds. The van der Waals surface area contributed by atoms with Crippen LogP contribution in [0.5, 0.6) is 0 Å². The van der Waals surface area contributed by atoms with Gasteiger partial charge < -0.3 is 5.73 Å². The highest BCUT2D eigenvalue weighted by molar-refractivity contribution is 5.30. The Morgan fingerprint density at radius 2 is 2.25 bits per heavy atom. The van der Waals surface area contributed by atoms with Crippen LogP contribution in [-0.4, -0.2) is 15.3 Å². The lowest BCUT2D eigenvalue weighted by atomic mass is 10.1. The van der Waals surface area contributed by atoms with Crippen LogP contribution in [0.3, 0.4) is 0 Å². The van der Waals surface area contributed by atoms with Gasteiger partial charge in [-0.2, -0.15) is 5.10 Å². The summed E-state index contributed by atoms with van der Waals surface area (Å²) in [4.78, 5) is 0. The quantitative estimate of drug-likeness (QED) is 0.566. The lowest BCUT2D eigenvalue weighted by Gasteiger charge is -2.07. The summed E-state index contributed by atoms with van der Waals surface area (Å²) in [6, 6.07) is 1.86. The molecule has 1 heterocycles. The summed E-state index contributed by atoms with van der Waals surface area (Å²) in [5, 5.41) is 3.99. The normalized spacial score (nSPS) is 10.7. The van der Waals surface area contributed by atoms with Crippen molar-refractivity contribution in [2.45, 2.75) is 19.4 Å². The average Bonchev–Trinajstić information content (AvgIpc) is 2.29. The Hall–Kier alpha value is -1.27. The molecule has 1 aromatic rings. The van der Waals surface area contributed by atoms with E-state index in [0.29, 0.717) is 0 Å². The molecule has 0 aliphatic rings. The average molecular weight is 163 g/mol. The minimum atomic E-state index is -0.440. The largest absolute Gasteiger partial charge is 0.316 e. The predicted octanol–water partition coefficient (Wildman–Crippen LogP) is 0.509. The van der Waals surface area contributed by atoms with E-state index in [0.717, 1.165) is 5.69 Å². The number of nitrogens with two attached hydrogens (primary N) is 1. The second kappa shape index (κ2) is 3.00. The van der Waals surface area contributed by atoms with Gasteiger partial charge >= 0.3 is 0 Å². The van der Waals surface area contributed by atoms with Crippen LogP contribution < -0.4 is 5.73 Å². The zero-order chi connectivity index (χ0) is 9.19. The van der Waals surface area contributed by atoms with Gasteiger partial charge in [0.1, 0.15) is 5.69 Å². The Morgan fingerprint density at radius 3 is 2.67 bits per heavy atom. The third kappa shape index (κ3) is 2.40. The number of nitrogens with zero attached hydrogens (tertiary/aromatic N) is 2. The molecule has 0 atom stereocenters. The van der Waals surface area contributed by atoms with Crippen LogP contribution in [0.15, 0.2) is 12.3 Å². The maximum absolute atomic E-state index is 5.70. The van der Waals surface area contributed by atoms with E-state index < -0.39 is 5.54 Å². The van der Waals surface area contributed by atoms with Crippen molar-refractivity contribution in [3.05, 3.63) is 18.0 Å². The maximum Gasteiger partial charge on any atom is 0.110 e. The van der Waals surface area contributed by atoms with E-state index in [-0.39, 0.29) is 0 Å². The molecule has 64 valence electrons. The molecule has 0 aromatic carbocycles. The van der Waals surface area contributed by atoms with Gasteiger partial charge in [-0.3, -0.25) is 4.68 Å². The molecule has 1 aromatic heterocycles. The van der Waals surface area contributed by atoms with Crippen LogP contribution in [0.4, 0.5) is 0 Å². The number of hydrogen-bond acceptors (Lipinski definition) is 2. The highest BCUT2D eigenvalue weighted by Gasteiger charge is 2.03. The summed E-state index contributed by atoms with van der Waals surface area (Å²) in [5.74, 6) is 5.89. The van der Waals surface area contributed by atoms with Crippen molar-refractivity contribution in [3.8, 4) is 11.8 Å². The van der Waals surface area contributed by atoms with Crippen LogP contribution in [0.1, 0.15) is 19.5 Å². The Bertz CT molecular complexity index is 320. The number of aryl methyl sites for hydroxylation is 1. The molecule has 0 bridgehead atoms. The van der Waals surface area contributed by atoms with Crippen molar-refractivity contribution in [3.63, 3.8) is 0 Å². The van der Waals surface area contributed by atoms with Crippen LogP contribution in [0, 0.1) is 11.8 Å². The van der Waals surface area contributed by atoms with Crippen LogP contribution in [0.2, 0.25) is 0 Å². The molecule has 0 fully saturated rings. The molecule has 2 N–H and O–H groups in total. The molecule has 0 spiro atoms. The summed E-state index contributed by atoms with van der Waals surface area (Å²) in [6.45, 7) is 3.74. The van der Waals surface area contributed by atoms with Crippen molar-refractivity contribution in [1.29, 1.82) is 0 Å². The van der Waals surface area contributed by atoms with Gasteiger partial charge in [-0.15, -0.1) is 0 Å². The smallest absolute Gasteiger partial charge is 0.110 e. The topological polar surface area (TPSA) is 43.8 Å². The van der Waals surface area contributed by atoms with Crippen LogP contribution in [-0.2, 0) is 7.05 Å². The molecule has 0 aliphatic heterocycles. The number of aromatic nitrogens is 2. The SMILES string of the molecule is Cn1nccc1C#CC(C)(C)N. The van der Waals surface area contributed by atoms with Gasteiger partial charge in [-0.1, -0.05) is 5.92 Å². The fourth-order valence-electron chi connectivity index (χ4n) is 0.722. The lowest BCUT2D eigenvalue weighted by Crippen LogP contribution is -2.29. The third-order valence-electron chi connectivity index (χ3n) is 1.33. The molecular formula is C9H13N3. The Balaban J connectivity index is 2.87. The molecule has 0 aliphatic carbocycles. The van der Waals surface area contributed by atoms with Crippen LogP contribution in [0.25, 0.3) is 0 Å². The zero-order valence-corrected chi connectivity index (χ0v) is 7.63. The van der Waals surface area contributed by atoms with E-state index in [1.54, 1.807) is 10.9 Å². The molecule has 12 heavy (non-hydrogen) atoms. The molecule has 0 saturated heterocycles. The fourth-order valence-corrected chi connectivity index (χ4v) is 0.722. The van der Waals surface area contributed by atoms with Gasteiger partial charge in [-0.05, 0) is 25.8 Å². The minimum absolute atomic E-state index is 0.440. The van der Waals surface area contributed by atoms with Crippen molar-refractivity contribution >= 4 is 0 Å². The second-order valence-corrected chi connectivity index (χ2v) is 3.31. The van der Waals surface area contributed by atoms with Crippen molar-refractivity contribution in [2.24, 2.45) is 12.8 Å². The monoisotopic (exact) mass is 163 g/mol. The second-order valence-electron chi connectivity index (χ2n) is 3.31. The molecule has 0 unspecified atom stereocenters. The van der Waals surface area contributed by atoms with Gasteiger partial charge in [0.05, 0.1) is 11.7 Å². The van der Waals surface area contributed by atoms with Crippen molar-refractivity contribution in [1.82, 2.24) is 9.78 Å².